The molecule has 0 saturated carbocycles. The maximum Gasteiger partial charge on any atom is 0.255 e. The van der Waals surface area contributed by atoms with Crippen molar-refractivity contribution in [1.29, 1.82) is 0 Å². The second-order valence-corrected chi connectivity index (χ2v) is 5.10. The molecule has 0 fully saturated rings. The summed E-state index contributed by atoms with van der Waals surface area (Å²) in [6.45, 7) is 0.144. The second-order valence-electron chi connectivity index (χ2n) is 4.26. The molecule has 0 aliphatic heterocycles. The van der Waals surface area contributed by atoms with E-state index in [0.717, 1.165) is 0 Å². The Morgan fingerprint density at radius 3 is 2.75 bits per heavy atom. The average molecular weight is 311 g/mol. The maximum absolute atomic E-state index is 12.0. The molecular formula is C14H12Cl2N2O2. The summed E-state index contributed by atoms with van der Waals surface area (Å²) in [4.78, 5) is 23.8. The molecule has 1 aromatic heterocycles. The highest BCUT2D eigenvalue weighted by molar-refractivity contribution is 6.36. The smallest absolute Gasteiger partial charge is 0.255 e. The van der Waals surface area contributed by atoms with Crippen molar-refractivity contribution in [3.05, 3.63) is 68.1 Å². The van der Waals surface area contributed by atoms with Crippen LogP contribution in [0.5, 0.6) is 0 Å². The monoisotopic (exact) mass is 310 g/mol. The summed E-state index contributed by atoms with van der Waals surface area (Å²) < 4.78 is 1.46. The third-order valence-corrected chi connectivity index (χ3v) is 3.37. The van der Waals surface area contributed by atoms with Gasteiger partial charge in [-0.25, -0.2) is 0 Å². The molecule has 104 valence electrons. The van der Waals surface area contributed by atoms with Crippen molar-refractivity contribution >= 4 is 29.1 Å². The van der Waals surface area contributed by atoms with Gasteiger partial charge in [0.2, 0.25) is 0 Å². The van der Waals surface area contributed by atoms with E-state index in [2.05, 4.69) is 5.32 Å². The summed E-state index contributed by atoms with van der Waals surface area (Å²) in [5.41, 5.74) is 0.687. The highest BCUT2D eigenvalue weighted by Gasteiger charge is 2.11. The van der Waals surface area contributed by atoms with Gasteiger partial charge in [0, 0.05) is 30.4 Å². The number of hydrogen-bond donors (Lipinski definition) is 1. The Hall–Kier alpha value is -1.78. The van der Waals surface area contributed by atoms with Gasteiger partial charge in [-0.1, -0.05) is 29.3 Å². The number of aromatic nitrogens is 1. The molecule has 0 saturated heterocycles. The van der Waals surface area contributed by atoms with Crippen molar-refractivity contribution in [3.8, 4) is 0 Å². The Kier molecular flexibility index (Phi) is 4.47. The number of aryl methyl sites for hydroxylation is 1. The Balaban J connectivity index is 2.13. The lowest BCUT2D eigenvalue weighted by atomic mass is 10.2. The summed E-state index contributed by atoms with van der Waals surface area (Å²) in [5.74, 6) is -0.349. The van der Waals surface area contributed by atoms with Crippen LogP contribution in [-0.4, -0.2) is 10.5 Å². The van der Waals surface area contributed by atoms with Crippen LogP contribution >= 0.6 is 23.2 Å². The number of carbonyl (C=O) groups is 1. The molecule has 2 rings (SSSR count). The van der Waals surface area contributed by atoms with Gasteiger partial charge in [0.15, 0.2) is 0 Å². The minimum absolute atomic E-state index is 0.144. The molecule has 0 radical (unpaired) electrons. The Labute approximate surface area is 125 Å². The largest absolute Gasteiger partial charge is 0.348 e. The molecule has 4 nitrogen and oxygen atoms in total. The molecule has 1 N–H and O–H groups in total. The van der Waals surface area contributed by atoms with Gasteiger partial charge in [0.1, 0.15) is 0 Å². The average Bonchev–Trinajstić information content (AvgIpc) is 2.40. The van der Waals surface area contributed by atoms with Gasteiger partial charge in [0.05, 0.1) is 10.6 Å². The van der Waals surface area contributed by atoms with Crippen LogP contribution in [0.25, 0.3) is 0 Å². The van der Waals surface area contributed by atoms with Crippen LogP contribution in [0.1, 0.15) is 15.9 Å². The lowest BCUT2D eigenvalue weighted by molar-refractivity contribution is 0.0951. The molecule has 0 bridgehead atoms. The first-order valence-corrected chi connectivity index (χ1v) is 6.62. The third-order valence-electron chi connectivity index (χ3n) is 2.82. The second kappa shape index (κ2) is 6.11. The highest BCUT2D eigenvalue weighted by atomic mass is 35.5. The van der Waals surface area contributed by atoms with Gasteiger partial charge in [-0.2, -0.15) is 0 Å². The first-order valence-electron chi connectivity index (χ1n) is 5.87. The van der Waals surface area contributed by atoms with Crippen molar-refractivity contribution in [2.24, 2.45) is 7.05 Å². The normalized spacial score (nSPS) is 10.3. The number of nitrogens with one attached hydrogen (secondary N) is 1. The standard InChI is InChI=1S/C14H12Cl2N2O2/c1-18-6-2-3-9(14(18)20)8-17-13(19)11-5-4-10(15)7-12(11)16/h2-7H,8H2,1H3,(H,17,19). The SMILES string of the molecule is Cn1cccc(CNC(=O)c2ccc(Cl)cc2Cl)c1=O. The molecule has 1 aromatic carbocycles. The third kappa shape index (κ3) is 3.21. The number of rotatable bonds is 3. The van der Waals surface area contributed by atoms with E-state index in [1.165, 1.54) is 10.6 Å². The van der Waals surface area contributed by atoms with Gasteiger partial charge in [-0.15, -0.1) is 0 Å². The molecule has 1 heterocycles. The van der Waals surface area contributed by atoms with Crippen molar-refractivity contribution in [1.82, 2.24) is 9.88 Å². The highest BCUT2D eigenvalue weighted by Crippen LogP contribution is 2.20. The van der Waals surface area contributed by atoms with Gasteiger partial charge in [0.25, 0.3) is 11.5 Å². The first-order chi connectivity index (χ1) is 9.49. The van der Waals surface area contributed by atoms with Crippen LogP contribution in [-0.2, 0) is 13.6 Å². The molecule has 1 amide bonds. The predicted octanol–water partition coefficient (Wildman–Crippen LogP) is 2.62. The van der Waals surface area contributed by atoms with Gasteiger partial charge < -0.3 is 9.88 Å². The van der Waals surface area contributed by atoms with Gasteiger partial charge in [-0.05, 0) is 24.3 Å². The molecule has 0 atom stereocenters. The predicted molar refractivity (Wildman–Crippen MR) is 79.3 cm³/mol. The summed E-state index contributed by atoms with van der Waals surface area (Å²) in [6, 6.07) is 8.05. The lowest BCUT2D eigenvalue weighted by Crippen LogP contribution is -2.28. The molecule has 20 heavy (non-hydrogen) atoms. The number of carbonyl (C=O) groups excluding carboxylic acids is 1. The molecule has 6 heteroatoms. The van der Waals surface area contributed by atoms with Crippen LogP contribution in [0.2, 0.25) is 10.0 Å². The molecule has 2 aromatic rings. The molecule has 0 aliphatic rings. The van der Waals surface area contributed by atoms with E-state index in [4.69, 9.17) is 23.2 Å². The molecule has 0 spiro atoms. The van der Waals surface area contributed by atoms with Crippen molar-refractivity contribution in [2.45, 2.75) is 6.54 Å². The fourth-order valence-electron chi connectivity index (χ4n) is 1.73. The zero-order chi connectivity index (χ0) is 14.7. The van der Waals surface area contributed by atoms with E-state index in [0.29, 0.717) is 16.1 Å². The quantitative estimate of drug-likeness (QED) is 0.947. The van der Waals surface area contributed by atoms with Crippen molar-refractivity contribution in [2.75, 3.05) is 0 Å². The Morgan fingerprint density at radius 1 is 1.30 bits per heavy atom. The Bertz CT molecular complexity index is 711. The molecule has 0 aliphatic carbocycles. The fraction of sp³-hybridized carbons (Fsp3) is 0.143. The van der Waals surface area contributed by atoms with E-state index < -0.39 is 0 Å². The lowest BCUT2D eigenvalue weighted by Gasteiger charge is -2.07. The Morgan fingerprint density at radius 2 is 2.05 bits per heavy atom. The number of benzene rings is 1. The van der Waals surface area contributed by atoms with Crippen LogP contribution in [0, 0.1) is 0 Å². The van der Waals surface area contributed by atoms with Gasteiger partial charge in [-0.3, -0.25) is 9.59 Å². The summed E-state index contributed by atoms with van der Waals surface area (Å²) >= 11 is 11.7. The van der Waals surface area contributed by atoms with Gasteiger partial charge >= 0.3 is 0 Å². The minimum Gasteiger partial charge on any atom is -0.348 e. The maximum atomic E-state index is 12.0. The van der Waals surface area contributed by atoms with Crippen LogP contribution in [0.4, 0.5) is 0 Å². The van der Waals surface area contributed by atoms with E-state index in [-0.39, 0.29) is 23.0 Å². The van der Waals surface area contributed by atoms with Crippen molar-refractivity contribution in [3.63, 3.8) is 0 Å². The summed E-state index contributed by atoms with van der Waals surface area (Å²) in [7, 11) is 1.66. The number of nitrogens with zero attached hydrogens (tertiary/aromatic N) is 1. The van der Waals surface area contributed by atoms with Crippen molar-refractivity contribution < 1.29 is 4.79 Å². The number of amides is 1. The topological polar surface area (TPSA) is 51.1 Å². The number of halogens is 2. The summed E-state index contributed by atoms with van der Waals surface area (Å²) in [5, 5.41) is 3.40. The van der Waals surface area contributed by atoms with E-state index in [1.54, 1.807) is 37.5 Å². The molecule has 0 unspecified atom stereocenters. The summed E-state index contributed by atoms with van der Waals surface area (Å²) in [6.07, 6.45) is 1.66. The van der Waals surface area contributed by atoms with E-state index >= 15 is 0 Å². The number of pyridine rings is 1. The first kappa shape index (κ1) is 14.6. The van der Waals surface area contributed by atoms with E-state index in [1.807, 2.05) is 0 Å². The minimum atomic E-state index is -0.349. The number of hydrogen-bond acceptors (Lipinski definition) is 2. The zero-order valence-corrected chi connectivity index (χ0v) is 12.2. The van der Waals surface area contributed by atoms with Crippen LogP contribution in [0.15, 0.2) is 41.3 Å². The van der Waals surface area contributed by atoms with E-state index in [9.17, 15) is 9.59 Å². The molecular weight excluding hydrogens is 299 g/mol. The zero-order valence-electron chi connectivity index (χ0n) is 10.7. The van der Waals surface area contributed by atoms with Crippen LogP contribution in [0.3, 0.4) is 0 Å². The fourth-order valence-corrected chi connectivity index (χ4v) is 2.23. The van der Waals surface area contributed by atoms with Crippen LogP contribution < -0.4 is 10.9 Å².